The van der Waals surface area contributed by atoms with Crippen molar-refractivity contribution in [1.82, 2.24) is 4.98 Å². The number of rotatable bonds is 4. The number of amides is 1. The minimum atomic E-state index is -0.587. The normalized spacial score (nSPS) is 10.3. The van der Waals surface area contributed by atoms with E-state index in [0.29, 0.717) is 0 Å². The van der Waals surface area contributed by atoms with E-state index in [-0.39, 0.29) is 38.6 Å². The van der Waals surface area contributed by atoms with Gasteiger partial charge in [-0.2, -0.15) is 0 Å². The van der Waals surface area contributed by atoms with Crippen molar-refractivity contribution in [2.75, 3.05) is 11.9 Å². The maximum Gasteiger partial charge on any atom is 0.338 e. The van der Waals surface area contributed by atoms with E-state index >= 15 is 0 Å². The fraction of sp³-hybridized carbons (Fsp3) is 0.133. The molecular weight excluding hydrogens is 363 g/mol. The van der Waals surface area contributed by atoms with Crippen LogP contribution in [0.4, 0.5) is 5.82 Å². The molecule has 0 saturated heterocycles. The van der Waals surface area contributed by atoms with Crippen LogP contribution in [0, 0.1) is 0 Å². The predicted molar refractivity (Wildman–Crippen MR) is 89.6 cm³/mol. The zero-order valence-electron chi connectivity index (χ0n) is 11.9. The van der Waals surface area contributed by atoms with E-state index < -0.39 is 11.9 Å². The topological polar surface area (TPSA) is 68.3 Å². The van der Waals surface area contributed by atoms with Crippen molar-refractivity contribution >= 4 is 52.5 Å². The molecule has 5 nitrogen and oxygen atoms in total. The van der Waals surface area contributed by atoms with Gasteiger partial charge in [-0.1, -0.05) is 34.8 Å². The molecule has 1 N–H and O–H groups in total. The molecule has 0 aliphatic heterocycles. The Kier molecular flexibility index (Phi) is 5.82. The second-order valence-corrected chi connectivity index (χ2v) is 5.51. The van der Waals surface area contributed by atoms with Crippen LogP contribution in [0.2, 0.25) is 15.1 Å². The molecule has 1 amide bonds. The first-order valence-electron chi connectivity index (χ1n) is 6.52. The van der Waals surface area contributed by atoms with Crippen molar-refractivity contribution in [1.29, 1.82) is 0 Å². The van der Waals surface area contributed by atoms with Crippen LogP contribution in [0.5, 0.6) is 0 Å². The molecule has 1 aromatic carbocycles. The van der Waals surface area contributed by atoms with Crippen molar-refractivity contribution in [3.63, 3.8) is 0 Å². The van der Waals surface area contributed by atoms with Gasteiger partial charge in [-0.15, -0.1) is 0 Å². The number of pyridine rings is 1. The second kappa shape index (κ2) is 7.64. The van der Waals surface area contributed by atoms with Gasteiger partial charge in [-0.3, -0.25) is 4.79 Å². The number of hydrogen-bond acceptors (Lipinski definition) is 4. The van der Waals surface area contributed by atoms with Gasteiger partial charge in [0.15, 0.2) is 0 Å². The SMILES string of the molecule is CCOC(=O)c1ccnc(NC(=O)c2c(Cl)ccc(Cl)c2Cl)c1. The predicted octanol–water partition coefficient (Wildman–Crippen LogP) is 4.47. The number of ether oxygens (including phenoxy) is 1. The number of esters is 1. The number of halogens is 3. The summed E-state index contributed by atoms with van der Waals surface area (Å²) in [4.78, 5) is 28.0. The largest absolute Gasteiger partial charge is 0.462 e. The van der Waals surface area contributed by atoms with Crippen LogP contribution in [0.1, 0.15) is 27.6 Å². The van der Waals surface area contributed by atoms with Gasteiger partial charge < -0.3 is 10.1 Å². The zero-order chi connectivity index (χ0) is 17.0. The summed E-state index contributed by atoms with van der Waals surface area (Å²) in [7, 11) is 0. The van der Waals surface area contributed by atoms with Crippen LogP contribution in [-0.4, -0.2) is 23.5 Å². The molecule has 0 fully saturated rings. The monoisotopic (exact) mass is 372 g/mol. The third-order valence-corrected chi connectivity index (χ3v) is 3.90. The molecule has 0 spiro atoms. The van der Waals surface area contributed by atoms with Gasteiger partial charge >= 0.3 is 5.97 Å². The molecule has 2 rings (SSSR count). The lowest BCUT2D eigenvalue weighted by molar-refractivity contribution is 0.0526. The highest BCUT2D eigenvalue weighted by molar-refractivity contribution is 6.46. The van der Waals surface area contributed by atoms with Crippen LogP contribution in [0.15, 0.2) is 30.5 Å². The van der Waals surface area contributed by atoms with E-state index in [9.17, 15) is 9.59 Å². The quantitative estimate of drug-likeness (QED) is 0.634. The molecular formula is C15H11Cl3N2O3. The third-order valence-electron chi connectivity index (χ3n) is 2.78. The highest BCUT2D eigenvalue weighted by Crippen LogP contribution is 2.31. The number of aromatic nitrogens is 1. The number of anilines is 1. The van der Waals surface area contributed by atoms with E-state index in [0.717, 1.165) is 0 Å². The van der Waals surface area contributed by atoms with Crippen molar-refractivity contribution in [3.8, 4) is 0 Å². The zero-order valence-corrected chi connectivity index (χ0v) is 14.2. The Hall–Kier alpha value is -1.82. The first-order chi connectivity index (χ1) is 10.9. The summed E-state index contributed by atoms with van der Waals surface area (Å²) in [5.41, 5.74) is 0.296. The fourth-order valence-electron chi connectivity index (χ4n) is 1.75. The van der Waals surface area contributed by atoms with Crippen LogP contribution in [-0.2, 0) is 4.74 Å². The smallest absolute Gasteiger partial charge is 0.338 e. The maximum absolute atomic E-state index is 12.3. The molecule has 0 aliphatic rings. The van der Waals surface area contributed by atoms with Gasteiger partial charge in [0.25, 0.3) is 5.91 Å². The Labute approximate surface area is 147 Å². The third kappa shape index (κ3) is 4.13. The fourth-order valence-corrected chi connectivity index (χ4v) is 2.45. The Morgan fingerprint density at radius 1 is 1.17 bits per heavy atom. The van der Waals surface area contributed by atoms with Gasteiger partial charge in [0.1, 0.15) is 5.82 Å². The number of nitrogens with zero attached hydrogens (tertiary/aromatic N) is 1. The first kappa shape index (κ1) is 17.5. The molecule has 1 aromatic heterocycles. The standard InChI is InChI=1S/C15H11Cl3N2O3/c1-2-23-15(22)8-5-6-19-11(7-8)20-14(21)12-9(16)3-4-10(17)13(12)18/h3-7H,2H2,1H3,(H,19,20,21). The Morgan fingerprint density at radius 3 is 2.57 bits per heavy atom. The maximum atomic E-state index is 12.3. The van der Waals surface area contributed by atoms with E-state index in [2.05, 4.69) is 10.3 Å². The van der Waals surface area contributed by atoms with Gasteiger partial charge in [-0.25, -0.2) is 9.78 Å². The van der Waals surface area contributed by atoms with Gasteiger partial charge in [0.05, 0.1) is 32.8 Å². The molecule has 0 aliphatic carbocycles. The first-order valence-corrected chi connectivity index (χ1v) is 7.65. The van der Waals surface area contributed by atoms with Crippen LogP contribution in [0.25, 0.3) is 0 Å². The van der Waals surface area contributed by atoms with Crippen molar-refractivity contribution in [2.24, 2.45) is 0 Å². The molecule has 0 atom stereocenters. The number of carbonyl (C=O) groups is 2. The van der Waals surface area contributed by atoms with Crippen LogP contribution >= 0.6 is 34.8 Å². The summed E-state index contributed by atoms with van der Waals surface area (Å²) >= 11 is 17.9. The molecule has 23 heavy (non-hydrogen) atoms. The number of benzene rings is 1. The summed E-state index contributed by atoms with van der Waals surface area (Å²) in [6.07, 6.45) is 1.38. The molecule has 0 bridgehead atoms. The van der Waals surface area contributed by atoms with Crippen LogP contribution < -0.4 is 5.32 Å². The summed E-state index contributed by atoms with van der Waals surface area (Å²) in [6.45, 7) is 1.95. The average Bonchev–Trinajstić information content (AvgIpc) is 2.52. The highest BCUT2D eigenvalue weighted by Gasteiger charge is 2.18. The molecule has 120 valence electrons. The molecule has 0 unspecified atom stereocenters. The summed E-state index contributed by atoms with van der Waals surface area (Å²) in [5.74, 6) is -0.937. The summed E-state index contributed by atoms with van der Waals surface area (Å²) < 4.78 is 4.89. The molecule has 8 heteroatoms. The van der Waals surface area contributed by atoms with Crippen molar-refractivity contribution < 1.29 is 14.3 Å². The minimum absolute atomic E-state index is 0.0316. The number of hydrogen-bond donors (Lipinski definition) is 1. The lowest BCUT2D eigenvalue weighted by Gasteiger charge is -2.09. The van der Waals surface area contributed by atoms with Gasteiger partial charge in [0, 0.05) is 6.20 Å². The van der Waals surface area contributed by atoms with Crippen LogP contribution in [0.3, 0.4) is 0 Å². The number of carbonyl (C=O) groups excluding carboxylic acids is 2. The lowest BCUT2D eigenvalue weighted by atomic mass is 10.2. The number of nitrogens with one attached hydrogen (secondary N) is 1. The van der Waals surface area contributed by atoms with E-state index in [1.807, 2.05) is 0 Å². The molecule has 0 radical (unpaired) electrons. The van der Waals surface area contributed by atoms with Crippen molar-refractivity contribution in [3.05, 3.63) is 56.7 Å². The molecule has 2 aromatic rings. The highest BCUT2D eigenvalue weighted by atomic mass is 35.5. The summed E-state index contributed by atoms with van der Waals surface area (Å²) in [6, 6.07) is 5.82. The Morgan fingerprint density at radius 2 is 1.87 bits per heavy atom. The Balaban J connectivity index is 2.26. The van der Waals surface area contributed by atoms with Crippen molar-refractivity contribution in [2.45, 2.75) is 6.92 Å². The Bertz CT molecular complexity index is 766. The van der Waals surface area contributed by atoms with E-state index in [4.69, 9.17) is 39.5 Å². The van der Waals surface area contributed by atoms with Gasteiger partial charge in [0.2, 0.25) is 0 Å². The van der Waals surface area contributed by atoms with E-state index in [1.54, 1.807) is 6.92 Å². The lowest BCUT2D eigenvalue weighted by Crippen LogP contribution is -2.15. The summed E-state index contributed by atoms with van der Waals surface area (Å²) in [5, 5.41) is 2.91. The van der Waals surface area contributed by atoms with Gasteiger partial charge in [-0.05, 0) is 31.2 Å². The minimum Gasteiger partial charge on any atom is -0.462 e. The average molecular weight is 374 g/mol. The van der Waals surface area contributed by atoms with E-state index in [1.165, 1.54) is 30.5 Å². The second-order valence-electron chi connectivity index (χ2n) is 4.32. The molecule has 0 saturated carbocycles. The molecule has 1 heterocycles.